The number of hydrogen-bond donors (Lipinski definition) is 0. The fourth-order valence-electron chi connectivity index (χ4n) is 2.22. The quantitative estimate of drug-likeness (QED) is 0.512. The highest BCUT2D eigenvalue weighted by atomic mass is 35.5. The summed E-state index contributed by atoms with van der Waals surface area (Å²) in [6.45, 7) is 3.68. The van der Waals surface area contributed by atoms with Crippen LogP contribution in [-0.2, 0) is 0 Å². The Labute approximate surface area is 148 Å². The average Bonchev–Trinajstić information content (AvgIpc) is 2.93. The standard InChI is InChI=1S/C17H13Cl2N3O2/c1-10-3-4-13(19)9-15(10)22-11(2)16(20-21-22)17(23)24-14-7-5-12(18)6-8-14/h3-9H,1-2H3. The highest BCUT2D eigenvalue weighted by Gasteiger charge is 2.20. The molecule has 0 saturated heterocycles. The third kappa shape index (κ3) is 3.27. The number of ether oxygens (including phenoxy) is 1. The van der Waals surface area contributed by atoms with Crippen molar-refractivity contribution in [3.05, 3.63) is 69.5 Å². The molecule has 3 aromatic rings. The Balaban J connectivity index is 1.90. The molecule has 0 aliphatic carbocycles. The number of aryl methyl sites for hydroxylation is 1. The van der Waals surface area contributed by atoms with E-state index in [0.717, 1.165) is 11.3 Å². The molecule has 0 atom stereocenters. The number of esters is 1. The number of rotatable bonds is 3. The van der Waals surface area contributed by atoms with Crippen LogP contribution in [0.4, 0.5) is 0 Å². The van der Waals surface area contributed by atoms with Gasteiger partial charge in [0.2, 0.25) is 0 Å². The summed E-state index contributed by atoms with van der Waals surface area (Å²) in [5.74, 6) is -0.196. The molecule has 1 heterocycles. The molecule has 0 saturated carbocycles. The van der Waals surface area contributed by atoms with E-state index in [-0.39, 0.29) is 5.69 Å². The Hall–Kier alpha value is -2.37. The molecule has 0 spiro atoms. The summed E-state index contributed by atoms with van der Waals surface area (Å²) in [7, 11) is 0. The van der Waals surface area contributed by atoms with Crippen molar-refractivity contribution in [1.82, 2.24) is 15.0 Å². The van der Waals surface area contributed by atoms with Crippen LogP contribution in [0.3, 0.4) is 0 Å². The third-order valence-electron chi connectivity index (χ3n) is 3.51. The van der Waals surface area contributed by atoms with E-state index in [1.165, 1.54) is 0 Å². The third-order valence-corrected chi connectivity index (χ3v) is 4.00. The Bertz CT molecular complexity index is 905. The molecule has 0 aliphatic heterocycles. The summed E-state index contributed by atoms with van der Waals surface area (Å²) in [5, 5.41) is 9.14. The second kappa shape index (κ2) is 6.63. The predicted octanol–water partition coefficient (Wildman–Crippen LogP) is 4.41. The summed E-state index contributed by atoms with van der Waals surface area (Å²) in [4.78, 5) is 12.3. The number of aromatic nitrogens is 3. The van der Waals surface area contributed by atoms with E-state index in [1.807, 2.05) is 13.0 Å². The van der Waals surface area contributed by atoms with Crippen LogP contribution in [0.15, 0.2) is 42.5 Å². The van der Waals surface area contributed by atoms with Crippen molar-refractivity contribution < 1.29 is 9.53 Å². The van der Waals surface area contributed by atoms with Crippen molar-refractivity contribution in [3.8, 4) is 11.4 Å². The lowest BCUT2D eigenvalue weighted by Gasteiger charge is -2.08. The largest absolute Gasteiger partial charge is 0.422 e. The maximum Gasteiger partial charge on any atom is 0.366 e. The van der Waals surface area contributed by atoms with Gasteiger partial charge in [0.15, 0.2) is 5.69 Å². The van der Waals surface area contributed by atoms with E-state index in [0.29, 0.717) is 21.5 Å². The van der Waals surface area contributed by atoms with Crippen LogP contribution < -0.4 is 4.74 Å². The van der Waals surface area contributed by atoms with E-state index < -0.39 is 5.97 Å². The Kier molecular flexibility index (Phi) is 4.55. The molecule has 0 bridgehead atoms. The van der Waals surface area contributed by atoms with Gasteiger partial charge in [0.1, 0.15) is 5.75 Å². The van der Waals surface area contributed by atoms with E-state index in [4.69, 9.17) is 27.9 Å². The van der Waals surface area contributed by atoms with Gasteiger partial charge in [0.25, 0.3) is 0 Å². The highest BCUT2D eigenvalue weighted by molar-refractivity contribution is 6.31. The molecule has 0 N–H and O–H groups in total. The first-order valence-corrected chi connectivity index (χ1v) is 7.88. The molecule has 5 nitrogen and oxygen atoms in total. The summed E-state index contributed by atoms with van der Waals surface area (Å²) >= 11 is 11.9. The van der Waals surface area contributed by atoms with Crippen LogP contribution in [-0.4, -0.2) is 21.0 Å². The molecule has 7 heteroatoms. The summed E-state index contributed by atoms with van der Waals surface area (Å²) < 4.78 is 6.87. The van der Waals surface area contributed by atoms with Gasteiger partial charge in [-0.05, 0) is 55.8 Å². The van der Waals surface area contributed by atoms with E-state index in [2.05, 4.69) is 10.3 Å². The van der Waals surface area contributed by atoms with Crippen molar-refractivity contribution in [3.63, 3.8) is 0 Å². The first kappa shape index (κ1) is 16.5. The summed E-state index contributed by atoms with van der Waals surface area (Å²) in [5.41, 5.74) is 2.44. The number of benzene rings is 2. The molecule has 1 aromatic heterocycles. The number of hydrogen-bond acceptors (Lipinski definition) is 4. The molecule has 122 valence electrons. The molecule has 2 aromatic carbocycles. The Morgan fingerprint density at radius 3 is 2.42 bits per heavy atom. The first-order chi connectivity index (χ1) is 11.5. The molecule has 0 unspecified atom stereocenters. The molecule has 0 radical (unpaired) electrons. The number of nitrogens with zero attached hydrogens (tertiary/aromatic N) is 3. The predicted molar refractivity (Wildman–Crippen MR) is 92.3 cm³/mol. The summed E-state index contributed by atoms with van der Waals surface area (Å²) in [6, 6.07) is 12.0. The molecule has 0 aliphatic rings. The van der Waals surface area contributed by atoms with Gasteiger partial charge in [-0.2, -0.15) is 0 Å². The zero-order valence-corrected chi connectivity index (χ0v) is 14.5. The van der Waals surface area contributed by atoms with E-state index >= 15 is 0 Å². The fraction of sp³-hybridized carbons (Fsp3) is 0.118. The van der Waals surface area contributed by atoms with Crippen LogP contribution in [0.1, 0.15) is 21.7 Å². The topological polar surface area (TPSA) is 57.0 Å². The summed E-state index contributed by atoms with van der Waals surface area (Å²) in [6.07, 6.45) is 0. The van der Waals surface area contributed by atoms with Gasteiger partial charge in [-0.25, -0.2) is 9.48 Å². The minimum atomic E-state index is -0.583. The van der Waals surface area contributed by atoms with Crippen LogP contribution in [0.5, 0.6) is 5.75 Å². The maximum atomic E-state index is 12.3. The highest BCUT2D eigenvalue weighted by Crippen LogP contribution is 2.22. The van der Waals surface area contributed by atoms with Crippen molar-refractivity contribution in [2.24, 2.45) is 0 Å². The first-order valence-electron chi connectivity index (χ1n) is 7.12. The van der Waals surface area contributed by atoms with Crippen LogP contribution in [0.25, 0.3) is 5.69 Å². The zero-order chi connectivity index (χ0) is 17.3. The lowest BCUT2D eigenvalue weighted by atomic mass is 10.2. The SMILES string of the molecule is Cc1ccc(Cl)cc1-n1nnc(C(=O)Oc2ccc(Cl)cc2)c1C. The zero-order valence-electron chi connectivity index (χ0n) is 13.0. The molecule has 24 heavy (non-hydrogen) atoms. The van der Waals surface area contributed by atoms with Crippen LogP contribution in [0.2, 0.25) is 10.0 Å². The van der Waals surface area contributed by atoms with E-state index in [9.17, 15) is 4.79 Å². The monoisotopic (exact) mass is 361 g/mol. The van der Waals surface area contributed by atoms with Crippen LogP contribution in [0, 0.1) is 13.8 Å². The number of halogens is 2. The van der Waals surface area contributed by atoms with E-state index in [1.54, 1.807) is 48.0 Å². The Morgan fingerprint density at radius 1 is 1.04 bits per heavy atom. The molecule has 3 rings (SSSR count). The van der Waals surface area contributed by atoms with Gasteiger partial charge in [-0.3, -0.25) is 0 Å². The lowest BCUT2D eigenvalue weighted by molar-refractivity contribution is 0.0727. The number of carbonyl (C=O) groups excluding carboxylic acids is 1. The van der Waals surface area contributed by atoms with Gasteiger partial charge in [0, 0.05) is 10.0 Å². The van der Waals surface area contributed by atoms with Gasteiger partial charge in [-0.15, -0.1) is 5.10 Å². The Morgan fingerprint density at radius 2 is 1.71 bits per heavy atom. The lowest BCUT2D eigenvalue weighted by Crippen LogP contribution is -2.11. The van der Waals surface area contributed by atoms with Gasteiger partial charge in [0.05, 0.1) is 11.4 Å². The molecule has 0 amide bonds. The maximum absolute atomic E-state index is 12.3. The fourth-order valence-corrected chi connectivity index (χ4v) is 2.51. The smallest absolute Gasteiger partial charge is 0.366 e. The minimum absolute atomic E-state index is 0.143. The van der Waals surface area contributed by atoms with Crippen molar-refractivity contribution in [2.45, 2.75) is 13.8 Å². The molecular formula is C17H13Cl2N3O2. The van der Waals surface area contributed by atoms with Gasteiger partial charge in [-0.1, -0.05) is 34.5 Å². The second-order valence-corrected chi connectivity index (χ2v) is 6.08. The van der Waals surface area contributed by atoms with Gasteiger partial charge >= 0.3 is 5.97 Å². The van der Waals surface area contributed by atoms with Crippen molar-refractivity contribution in [1.29, 1.82) is 0 Å². The average molecular weight is 362 g/mol. The van der Waals surface area contributed by atoms with Crippen LogP contribution >= 0.6 is 23.2 Å². The molecular weight excluding hydrogens is 349 g/mol. The van der Waals surface area contributed by atoms with Gasteiger partial charge < -0.3 is 4.74 Å². The second-order valence-electron chi connectivity index (χ2n) is 5.21. The normalized spacial score (nSPS) is 10.7. The minimum Gasteiger partial charge on any atom is -0.422 e. The number of carbonyl (C=O) groups is 1. The van der Waals surface area contributed by atoms with Crippen molar-refractivity contribution >= 4 is 29.2 Å². The van der Waals surface area contributed by atoms with Crippen molar-refractivity contribution in [2.75, 3.05) is 0 Å². The molecule has 0 fully saturated rings.